The standard InChI is InChI=1S/C17H21ClN4O2S/c1-2-12-13(8-10(19)5-6-23)25-15-14(12)21-17(18)22-16(15)20-9-11-4-3-7-24-11/h3-4,7,10,23H,2,5-6,8-9,19H2,1H3,(H,20,21,22)/t10-/m0/s1. The fourth-order valence-electron chi connectivity index (χ4n) is 2.78. The number of aromatic nitrogens is 2. The van der Waals surface area contributed by atoms with Gasteiger partial charge in [0.05, 0.1) is 23.0 Å². The van der Waals surface area contributed by atoms with Gasteiger partial charge in [0.1, 0.15) is 11.6 Å². The van der Waals surface area contributed by atoms with Crippen LogP contribution in [-0.4, -0.2) is 27.7 Å². The summed E-state index contributed by atoms with van der Waals surface area (Å²) in [4.78, 5) is 9.96. The van der Waals surface area contributed by atoms with Crippen LogP contribution >= 0.6 is 22.9 Å². The van der Waals surface area contributed by atoms with E-state index in [-0.39, 0.29) is 17.9 Å². The highest BCUT2D eigenvalue weighted by atomic mass is 35.5. The maximum Gasteiger partial charge on any atom is 0.224 e. The van der Waals surface area contributed by atoms with Gasteiger partial charge < -0.3 is 20.6 Å². The molecule has 0 fully saturated rings. The summed E-state index contributed by atoms with van der Waals surface area (Å²) >= 11 is 7.78. The number of anilines is 1. The van der Waals surface area contributed by atoms with Gasteiger partial charge in [0.15, 0.2) is 0 Å². The molecule has 134 valence electrons. The number of aryl methyl sites for hydroxylation is 1. The molecule has 8 heteroatoms. The molecule has 6 nitrogen and oxygen atoms in total. The van der Waals surface area contributed by atoms with E-state index in [0.717, 1.165) is 28.0 Å². The Balaban J connectivity index is 1.95. The minimum absolute atomic E-state index is 0.0775. The number of aliphatic hydroxyl groups is 1. The Hall–Kier alpha value is -1.67. The highest BCUT2D eigenvalue weighted by Gasteiger charge is 2.19. The van der Waals surface area contributed by atoms with E-state index >= 15 is 0 Å². The van der Waals surface area contributed by atoms with Crippen molar-refractivity contribution in [3.05, 3.63) is 39.9 Å². The van der Waals surface area contributed by atoms with E-state index in [1.54, 1.807) is 17.6 Å². The largest absolute Gasteiger partial charge is 0.467 e. The summed E-state index contributed by atoms with van der Waals surface area (Å²) in [6.45, 7) is 2.71. The summed E-state index contributed by atoms with van der Waals surface area (Å²) in [5.41, 5.74) is 8.14. The van der Waals surface area contributed by atoms with Crippen LogP contribution in [0.25, 0.3) is 10.2 Å². The molecule has 0 aliphatic carbocycles. The summed E-state index contributed by atoms with van der Waals surface area (Å²) in [7, 11) is 0. The van der Waals surface area contributed by atoms with Gasteiger partial charge in [-0.15, -0.1) is 11.3 Å². The molecule has 0 saturated heterocycles. The number of rotatable bonds is 8. The SMILES string of the molecule is CCc1c(C[C@@H](N)CCO)sc2c(NCc3ccco3)nc(Cl)nc12. The number of fused-ring (bicyclic) bond motifs is 1. The first-order chi connectivity index (χ1) is 12.1. The molecule has 3 rings (SSSR count). The van der Waals surface area contributed by atoms with Crippen molar-refractivity contribution in [1.82, 2.24) is 9.97 Å². The molecule has 1 atom stereocenters. The average Bonchev–Trinajstić information content (AvgIpc) is 3.20. The maximum absolute atomic E-state index is 9.09. The van der Waals surface area contributed by atoms with Gasteiger partial charge in [0.25, 0.3) is 0 Å². The molecule has 0 unspecified atom stereocenters. The van der Waals surface area contributed by atoms with Crippen molar-refractivity contribution < 1.29 is 9.52 Å². The summed E-state index contributed by atoms with van der Waals surface area (Å²) in [5.74, 6) is 1.52. The Morgan fingerprint density at radius 3 is 2.96 bits per heavy atom. The first kappa shape index (κ1) is 18.1. The Labute approximate surface area is 155 Å². The number of thiophene rings is 1. The molecule has 0 aliphatic rings. The van der Waals surface area contributed by atoms with Crippen molar-refractivity contribution in [2.75, 3.05) is 11.9 Å². The predicted molar refractivity (Wildman–Crippen MR) is 101 cm³/mol. The quantitative estimate of drug-likeness (QED) is 0.518. The summed E-state index contributed by atoms with van der Waals surface area (Å²) in [6, 6.07) is 3.67. The van der Waals surface area contributed by atoms with E-state index in [2.05, 4.69) is 22.2 Å². The third-order valence-electron chi connectivity index (χ3n) is 4.00. The highest BCUT2D eigenvalue weighted by Crippen LogP contribution is 2.36. The summed E-state index contributed by atoms with van der Waals surface area (Å²) < 4.78 is 6.32. The van der Waals surface area contributed by atoms with Crippen LogP contribution in [0.4, 0.5) is 5.82 Å². The number of nitrogens with one attached hydrogen (secondary N) is 1. The number of hydrogen-bond donors (Lipinski definition) is 3. The topological polar surface area (TPSA) is 97.2 Å². The van der Waals surface area contributed by atoms with Crippen molar-refractivity contribution in [1.29, 1.82) is 0 Å². The monoisotopic (exact) mass is 380 g/mol. The second-order valence-corrected chi connectivity index (χ2v) is 7.23. The minimum Gasteiger partial charge on any atom is -0.467 e. The van der Waals surface area contributed by atoms with Crippen LogP contribution in [0.1, 0.15) is 29.5 Å². The summed E-state index contributed by atoms with van der Waals surface area (Å²) in [6.07, 6.45) is 3.76. The molecule has 0 aromatic carbocycles. The molecule has 3 heterocycles. The van der Waals surface area contributed by atoms with E-state index in [4.69, 9.17) is 26.9 Å². The van der Waals surface area contributed by atoms with Crippen LogP contribution in [0.5, 0.6) is 0 Å². The lowest BCUT2D eigenvalue weighted by atomic mass is 10.1. The van der Waals surface area contributed by atoms with Crippen molar-refractivity contribution in [2.24, 2.45) is 5.73 Å². The predicted octanol–water partition coefficient (Wildman–Crippen LogP) is 3.36. The lowest BCUT2D eigenvalue weighted by Gasteiger charge is -2.09. The Bertz CT molecular complexity index is 835. The van der Waals surface area contributed by atoms with Crippen molar-refractivity contribution in [3.63, 3.8) is 0 Å². The smallest absolute Gasteiger partial charge is 0.224 e. The Kier molecular flexibility index (Phi) is 5.90. The van der Waals surface area contributed by atoms with Gasteiger partial charge in [-0.25, -0.2) is 4.98 Å². The normalized spacial score (nSPS) is 12.6. The minimum atomic E-state index is -0.0775. The molecule has 0 amide bonds. The second-order valence-electron chi connectivity index (χ2n) is 5.79. The molecule has 0 radical (unpaired) electrons. The molecule has 0 saturated carbocycles. The van der Waals surface area contributed by atoms with Crippen LogP contribution in [0.15, 0.2) is 22.8 Å². The maximum atomic E-state index is 9.09. The zero-order chi connectivity index (χ0) is 17.8. The van der Waals surface area contributed by atoms with E-state index in [9.17, 15) is 0 Å². The first-order valence-corrected chi connectivity index (χ1v) is 9.42. The molecule has 0 bridgehead atoms. The van der Waals surface area contributed by atoms with Crippen LogP contribution in [0, 0.1) is 0 Å². The van der Waals surface area contributed by atoms with Gasteiger partial charge in [0, 0.05) is 17.5 Å². The molecular formula is C17H21ClN4O2S. The number of furan rings is 1. The van der Waals surface area contributed by atoms with Gasteiger partial charge in [-0.05, 0) is 48.6 Å². The second kappa shape index (κ2) is 8.14. The number of nitrogens with zero attached hydrogens (tertiary/aromatic N) is 2. The third-order valence-corrected chi connectivity index (χ3v) is 5.42. The Morgan fingerprint density at radius 1 is 1.44 bits per heavy atom. The Morgan fingerprint density at radius 2 is 2.28 bits per heavy atom. The van der Waals surface area contributed by atoms with Gasteiger partial charge in [0.2, 0.25) is 5.28 Å². The van der Waals surface area contributed by atoms with E-state index < -0.39 is 0 Å². The van der Waals surface area contributed by atoms with E-state index in [0.29, 0.717) is 25.2 Å². The van der Waals surface area contributed by atoms with Gasteiger partial charge >= 0.3 is 0 Å². The van der Waals surface area contributed by atoms with E-state index in [1.165, 1.54) is 4.88 Å². The van der Waals surface area contributed by atoms with Gasteiger partial charge in [-0.3, -0.25) is 0 Å². The highest BCUT2D eigenvalue weighted by molar-refractivity contribution is 7.19. The number of aliphatic hydroxyl groups excluding tert-OH is 1. The fraction of sp³-hybridized carbons (Fsp3) is 0.412. The fourth-order valence-corrected chi connectivity index (χ4v) is 4.34. The van der Waals surface area contributed by atoms with Gasteiger partial charge in [-0.2, -0.15) is 4.98 Å². The molecule has 0 spiro atoms. The van der Waals surface area contributed by atoms with Gasteiger partial charge in [-0.1, -0.05) is 6.92 Å². The summed E-state index contributed by atoms with van der Waals surface area (Å²) in [5, 5.41) is 12.6. The van der Waals surface area contributed by atoms with Crippen LogP contribution < -0.4 is 11.1 Å². The molecular weight excluding hydrogens is 360 g/mol. The molecule has 3 aromatic rings. The third kappa shape index (κ3) is 4.12. The molecule has 4 N–H and O–H groups in total. The van der Waals surface area contributed by atoms with Crippen LogP contribution in [-0.2, 0) is 19.4 Å². The zero-order valence-electron chi connectivity index (χ0n) is 14.0. The first-order valence-electron chi connectivity index (χ1n) is 8.22. The molecule has 3 aromatic heterocycles. The molecule has 0 aliphatic heterocycles. The van der Waals surface area contributed by atoms with Crippen LogP contribution in [0.3, 0.4) is 0 Å². The number of halogens is 1. The lowest BCUT2D eigenvalue weighted by Crippen LogP contribution is -2.23. The van der Waals surface area contributed by atoms with Crippen molar-refractivity contribution >= 4 is 39.0 Å². The van der Waals surface area contributed by atoms with Crippen LogP contribution in [0.2, 0.25) is 5.28 Å². The molecule has 25 heavy (non-hydrogen) atoms. The lowest BCUT2D eigenvalue weighted by molar-refractivity contribution is 0.275. The van der Waals surface area contributed by atoms with E-state index in [1.807, 2.05) is 12.1 Å². The van der Waals surface area contributed by atoms with Crippen molar-refractivity contribution in [2.45, 2.75) is 38.8 Å². The van der Waals surface area contributed by atoms with Crippen molar-refractivity contribution in [3.8, 4) is 0 Å². The number of nitrogens with two attached hydrogens (primary N) is 1. The number of hydrogen-bond acceptors (Lipinski definition) is 7. The zero-order valence-corrected chi connectivity index (χ0v) is 15.5. The average molecular weight is 381 g/mol.